The van der Waals surface area contributed by atoms with Crippen LogP contribution in [0.2, 0.25) is 0 Å². The fourth-order valence-electron chi connectivity index (χ4n) is 4.23. The second-order valence-electron chi connectivity index (χ2n) is 8.46. The molecule has 2 aromatic rings. The molecule has 0 bridgehead atoms. The third kappa shape index (κ3) is 3.90. The molecule has 0 aliphatic carbocycles. The van der Waals surface area contributed by atoms with E-state index in [-0.39, 0.29) is 18.1 Å². The summed E-state index contributed by atoms with van der Waals surface area (Å²) in [6, 6.07) is 13.0. The van der Waals surface area contributed by atoms with Crippen molar-refractivity contribution in [1.82, 2.24) is 19.5 Å². The van der Waals surface area contributed by atoms with Crippen LogP contribution in [0.1, 0.15) is 23.0 Å². The minimum atomic E-state index is -1.17. The van der Waals surface area contributed by atoms with Crippen molar-refractivity contribution in [3.05, 3.63) is 80.0 Å². The maximum atomic E-state index is 12.5. The maximum absolute atomic E-state index is 12.5. The summed E-state index contributed by atoms with van der Waals surface area (Å²) >= 11 is 0. The summed E-state index contributed by atoms with van der Waals surface area (Å²) in [4.78, 5) is 35.2. The molecule has 2 aromatic carbocycles. The fraction of sp³-hybridized carbons (Fsp3) is 0.333. The van der Waals surface area contributed by atoms with Gasteiger partial charge in [-0.3, -0.25) is 9.78 Å². The molecule has 5 rings (SSSR count). The number of ether oxygens (including phenoxy) is 2. The lowest BCUT2D eigenvalue weighted by atomic mass is 10.0. The predicted molar refractivity (Wildman–Crippen MR) is 123 cm³/mol. The summed E-state index contributed by atoms with van der Waals surface area (Å²) < 4.78 is 13.6. The van der Waals surface area contributed by atoms with Crippen LogP contribution in [0.4, 0.5) is 0 Å². The molecular formula is C24H24N4O6. The Kier molecular flexibility index (Phi) is 5.74. The van der Waals surface area contributed by atoms with Crippen molar-refractivity contribution in [3.63, 3.8) is 0 Å². The molecule has 1 saturated heterocycles. The molecule has 0 saturated carbocycles. The van der Waals surface area contributed by atoms with Crippen molar-refractivity contribution in [3.8, 4) is 11.5 Å². The molecule has 34 heavy (non-hydrogen) atoms. The number of fused-ring (bicyclic) bond motifs is 2. The molecule has 3 aliphatic heterocycles. The number of rotatable bonds is 4. The Labute approximate surface area is 193 Å². The minimum absolute atomic E-state index is 0.00946. The summed E-state index contributed by atoms with van der Waals surface area (Å²) in [5.41, 5.74) is 2.45. The lowest BCUT2D eigenvalue weighted by molar-refractivity contribution is -0.296. The Hall–Kier alpha value is -3.44. The van der Waals surface area contributed by atoms with Crippen LogP contribution in [0.3, 0.4) is 0 Å². The number of aliphatic hydroxyl groups excluding tert-OH is 2. The van der Waals surface area contributed by atoms with Gasteiger partial charge in [-0.15, -0.1) is 0 Å². The highest BCUT2D eigenvalue weighted by atomic mass is 16.7. The van der Waals surface area contributed by atoms with Crippen LogP contribution in [0.25, 0.3) is 22.6 Å². The van der Waals surface area contributed by atoms with E-state index >= 15 is 0 Å². The Morgan fingerprint density at radius 1 is 1.03 bits per heavy atom. The summed E-state index contributed by atoms with van der Waals surface area (Å²) in [5, 5.41) is 20.8. The number of benzene rings is 2. The Morgan fingerprint density at radius 3 is 2.47 bits per heavy atom. The Morgan fingerprint density at radius 2 is 1.74 bits per heavy atom. The molecule has 4 atom stereocenters. The van der Waals surface area contributed by atoms with Crippen molar-refractivity contribution in [2.45, 2.75) is 45.0 Å². The first-order valence-electron chi connectivity index (χ1n) is 10.9. The number of H-pyrrole nitrogens is 1. The van der Waals surface area contributed by atoms with Gasteiger partial charge in [0.05, 0.1) is 24.2 Å². The average molecular weight is 464 g/mol. The summed E-state index contributed by atoms with van der Waals surface area (Å²) in [5.74, 6) is 0.0867. The van der Waals surface area contributed by atoms with Gasteiger partial charge in [-0.05, 0) is 37.1 Å². The second-order valence-corrected chi connectivity index (χ2v) is 8.46. The SMILES string of the molecule is Cc1cc2nc3c(=O)[nH]c(=O)nc-3n(C[C@@H]3O[C@H](c4ccccc4)O[C@H](CO)[C@H]3O)c2cc1C. The maximum Gasteiger partial charge on any atom is 0.349 e. The summed E-state index contributed by atoms with van der Waals surface area (Å²) in [6.45, 7) is 3.52. The van der Waals surface area contributed by atoms with E-state index in [1.165, 1.54) is 0 Å². The molecule has 0 amide bonds. The van der Waals surface area contributed by atoms with Gasteiger partial charge in [-0.2, -0.15) is 4.98 Å². The molecule has 0 unspecified atom stereocenters. The van der Waals surface area contributed by atoms with Crippen molar-refractivity contribution in [1.29, 1.82) is 0 Å². The fourth-order valence-corrected chi connectivity index (χ4v) is 4.23. The van der Waals surface area contributed by atoms with Crippen LogP contribution in [0, 0.1) is 13.8 Å². The van der Waals surface area contributed by atoms with E-state index in [0.717, 1.165) is 16.7 Å². The van der Waals surface area contributed by atoms with Crippen LogP contribution in [0.5, 0.6) is 0 Å². The van der Waals surface area contributed by atoms with Crippen molar-refractivity contribution in [2.24, 2.45) is 0 Å². The summed E-state index contributed by atoms with van der Waals surface area (Å²) in [6.07, 6.45) is -3.72. The van der Waals surface area contributed by atoms with Crippen LogP contribution < -0.4 is 11.2 Å². The lowest BCUT2D eigenvalue weighted by Gasteiger charge is -2.39. The minimum Gasteiger partial charge on any atom is -0.394 e. The van der Waals surface area contributed by atoms with E-state index in [9.17, 15) is 19.8 Å². The molecule has 0 spiro atoms. The normalized spacial score (nSPS) is 22.9. The van der Waals surface area contributed by atoms with Gasteiger partial charge >= 0.3 is 5.69 Å². The zero-order valence-electron chi connectivity index (χ0n) is 18.6. The standard InChI is InChI=1S/C24H24N4O6/c1-12-8-15-16(9-13(12)2)28(21-19(25-15)22(31)27-24(32)26-21)10-17-20(30)18(11-29)34-23(33-17)14-6-4-3-5-7-14/h3-9,17-18,20,23,29-30H,10-11H2,1-2H3,(H,27,31,32)/t17-,18+,20-,23-/m0/s1. The lowest BCUT2D eigenvalue weighted by Crippen LogP contribution is -2.50. The molecule has 3 heterocycles. The molecular weight excluding hydrogens is 440 g/mol. The van der Waals surface area contributed by atoms with Gasteiger partial charge in [0.2, 0.25) is 0 Å². The van der Waals surface area contributed by atoms with Gasteiger partial charge in [0.15, 0.2) is 17.8 Å². The molecule has 3 aliphatic rings. The van der Waals surface area contributed by atoms with Gasteiger partial charge in [-0.25, -0.2) is 9.78 Å². The van der Waals surface area contributed by atoms with Gasteiger partial charge in [0.25, 0.3) is 5.56 Å². The topological polar surface area (TPSA) is 140 Å². The highest BCUT2D eigenvalue weighted by Gasteiger charge is 2.39. The number of aromatic nitrogens is 4. The largest absolute Gasteiger partial charge is 0.394 e. The Bertz CT molecular complexity index is 1430. The number of aromatic amines is 1. The number of hydrogen-bond acceptors (Lipinski definition) is 8. The number of nitrogens with zero attached hydrogens (tertiary/aromatic N) is 3. The molecule has 0 aromatic heterocycles. The number of aryl methyl sites for hydroxylation is 2. The zero-order valence-corrected chi connectivity index (χ0v) is 18.6. The van der Waals surface area contributed by atoms with Crippen molar-refractivity contribution < 1.29 is 19.7 Å². The first-order valence-corrected chi connectivity index (χ1v) is 10.9. The van der Waals surface area contributed by atoms with E-state index in [0.29, 0.717) is 11.0 Å². The average Bonchev–Trinajstić information content (AvgIpc) is 2.82. The number of nitrogens with one attached hydrogen (secondary N) is 1. The number of hydrogen-bond donors (Lipinski definition) is 3. The van der Waals surface area contributed by atoms with Gasteiger partial charge in [0.1, 0.15) is 18.3 Å². The van der Waals surface area contributed by atoms with E-state index in [1.807, 2.05) is 56.3 Å². The molecule has 0 radical (unpaired) electrons. The van der Waals surface area contributed by atoms with E-state index < -0.39 is 42.5 Å². The first-order chi connectivity index (χ1) is 16.4. The van der Waals surface area contributed by atoms with E-state index in [2.05, 4.69) is 15.0 Å². The highest BCUT2D eigenvalue weighted by Crippen LogP contribution is 2.32. The van der Waals surface area contributed by atoms with Crippen LogP contribution in [-0.2, 0) is 16.0 Å². The quantitative estimate of drug-likeness (QED) is 0.381. The molecule has 3 N–H and O–H groups in total. The van der Waals surface area contributed by atoms with Gasteiger partial charge in [-0.1, -0.05) is 30.3 Å². The van der Waals surface area contributed by atoms with E-state index in [1.54, 1.807) is 4.57 Å². The van der Waals surface area contributed by atoms with Gasteiger partial charge < -0.3 is 24.3 Å². The number of aliphatic hydroxyl groups is 2. The summed E-state index contributed by atoms with van der Waals surface area (Å²) in [7, 11) is 0. The molecule has 176 valence electrons. The van der Waals surface area contributed by atoms with E-state index in [4.69, 9.17) is 9.47 Å². The zero-order chi connectivity index (χ0) is 24.0. The highest BCUT2D eigenvalue weighted by molar-refractivity contribution is 5.81. The monoisotopic (exact) mass is 464 g/mol. The van der Waals surface area contributed by atoms with Crippen LogP contribution in [0.15, 0.2) is 52.1 Å². The molecule has 10 heteroatoms. The molecule has 1 fully saturated rings. The first kappa shape index (κ1) is 22.4. The third-order valence-corrected chi connectivity index (χ3v) is 6.20. The van der Waals surface area contributed by atoms with Crippen LogP contribution >= 0.6 is 0 Å². The van der Waals surface area contributed by atoms with Crippen molar-refractivity contribution >= 4 is 11.0 Å². The third-order valence-electron chi connectivity index (χ3n) is 6.20. The molecule has 10 nitrogen and oxygen atoms in total. The van der Waals surface area contributed by atoms with Crippen molar-refractivity contribution in [2.75, 3.05) is 6.61 Å². The van der Waals surface area contributed by atoms with Gasteiger partial charge in [0, 0.05) is 5.56 Å². The predicted octanol–water partition coefficient (Wildman–Crippen LogP) is 1.04. The van der Waals surface area contributed by atoms with Crippen LogP contribution in [-0.4, -0.2) is 54.7 Å². The smallest absolute Gasteiger partial charge is 0.349 e. The Balaban J connectivity index is 1.66. The second kappa shape index (κ2) is 8.73.